The molecule has 1 aromatic rings. The van der Waals surface area contributed by atoms with Crippen LogP contribution in [0.5, 0.6) is 0 Å². The maximum absolute atomic E-state index is 12.4. The molecule has 0 bridgehead atoms. The molecule has 2 heterocycles. The summed E-state index contributed by atoms with van der Waals surface area (Å²) in [5.41, 5.74) is 0.644. The van der Waals surface area contributed by atoms with Crippen LogP contribution in [0.25, 0.3) is 0 Å². The molecule has 1 fully saturated rings. The number of carbonyl (C=O) groups is 1. The van der Waals surface area contributed by atoms with Gasteiger partial charge in [0.05, 0.1) is 17.7 Å². The minimum absolute atomic E-state index is 0.146. The molecule has 0 saturated carbocycles. The third-order valence-corrected chi connectivity index (χ3v) is 3.94. The topological polar surface area (TPSA) is 59.0 Å². The van der Waals surface area contributed by atoms with Crippen molar-refractivity contribution in [2.75, 3.05) is 13.1 Å². The Balaban J connectivity index is 1.98. The van der Waals surface area contributed by atoms with Crippen molar-refractivity contribution < 1.29 is 4.79 Å². The van der Waals surface area contributed by atoms with Gasteiger partial charge in [-0.3, -0.25) is 9.48 Å². The van der Waals surface area contributed by atoms with E-state index in [-0.39, 0.29) is 11.3 Å². The maximum atomic E-state index is 12.4. The fourth-order valence-corrected chi connectivity index (χ4v) is 2.56. The SMILES string of the molecule is CC(C)C1(C(=O)NCc2ccn(C)n2)CCNC1. The largest absolute Gasteiger partial charge is 0.350 e. The van der Waals surface area contributed by atoms with E-state index in [1.54, 1.807) is 4.68 Å². The highest BCUT2D eigenvalue weighted by molar-refractivity contribution is 5.83. The summed E-state index contributed by atoms with van der Waals surface area (Å²) in [6.45, 7) is 6.45. The highest BCUT2D eigenvalue weighted by Crippen LogP contribution is 2.34. The van der Waals surface area contributed by atoms with Gasteiger partial charge in [0.1, 0.15) is 0 Å². The normalized spacial score (nSPS) is 23.6. The number of aryl methyl sites for hydroxylation is 1. The summed E-state index contributed by atoms with van der Waals surface area (Å²) in [5.74, 6) is 0.490. The van der Waals surface area contributed by atoms with Crippen LogP contribution in [0.2, 0.25) is 0 Å². The highest BCUT2D eigenvalue weighted by Gasteiger charge is 2.43. The quantitative estimate of drug-likeness (QED) is 0.826. The van der Waals surface area contributed by atoms with Crippen molar-refractivity contribution >= 4 is 5.91 Å². The smallest absolute Gasteiger partial charge is 0.228 e. The molecule has 5 heteroatoms. The Bertz CT molecular complexity index is 418. The lowest BCUT2D eigenvalue weighted by molar-refractivity contribution is -0.132. The molecule has 1 amide bonds. The molecule has 0 aromatic carbocycles. The fraction of sp³-hybridized carbons (Fsp3) is 0.692. The van der Waals surface area contributed by atoms with Gasteiger partial charge in [0.2, 0.25) is 5.91 Å². The first-order valence-corrected chi connectivity index (χ1v) is 6.52. The van der Waals surface area contributed by atoms with Crippen molar-refractivity contribution in [3.8, 4) is 0 Å². The summed E-state index contributed by atoms with van der Waals surface area (Å²) in [7, 11) is 1.88. The van der Waals surface area contributed by atoms with Gasteiger partial charge in [-0.25, -0.2) is 0 Å². The van der Waals surface area contributed by atoms with Gasteiger partial charge < -0.3 is 10.6 Å². The van der Waals surface area contributed by atoms with Gasteiger partial charge in [-0.15, -0.1) is 0 Å². The molecule has 1 unspecified atom stereocenters. The minimum Gasteiger partial charge on any atom is -0.350 e. The molecule has 0 spiro atoms. The molecule has 0 aliphatic carbocycles. The van der Waals surface area contributed by atoms with Gasteiger partial charge in [-0.1, -0.05) is 13.8 Å². The average molecular weight is 250 g/mol. The molecule has 1 atom stereocenters. The molecule has 1 aromatic heterocycles. The molecular formula is C13H22N4O. The zero-order valence-corrected chi connectivity index (χ0v) is 11.4. The second-order valence-corrected chi connectivity index (χ2v) is 5.40. The van der Waals surface area contributed by atoms with Gasteiger partial charge in [-0.2, -0.15) is 5.10 Å². The third-order valence-electron chi connectivity index (χ3n) is 3.94. The van der Waals surface area contributed by atoms with Crippen molar-refractivity contribution in [1.29, 1.82) is 0 Å². The summed E-state index contributed by atoms with van der Waals surface area (Å²) in [4.78, 5) is 12.4. The van der Waals surface area contributed by atoms with E-state index in [0.29, 0.717) is 12.5 Å². The van der Waals surface area contributed by atoms with E-state index in [2.05, 4.69) is 29.6 Å². The summed E-state index contributed by atoms with van der Waals surface area (Å²) in [5, 5.41) is 10.6. The van der Waals surface area contributed by atoms with E-state index in [4.69, 9.17) is 0 Å². The van der Waals surface area contributed by atoms with Crippen molar-refractivity contribution in [2.45, 2.75) is 26.8 Å². The minimum atomic E-state index is -0.255. The van der Waals surface area contributed by atoms with Crippen molar-refractivity contribution in [3.63, 3.8) is 0 Å². The Hall–Kier alpha value is -1.36. The van der Waals surface area contributed by atoms with E-state index in [1.165, 1.54) is 0 Å². The summed E-state index contributed by atoms with van der Waals surface area (Å²) in [6, 6.07) is 1.93. The van der Waals surface area contributed by atoms with Crippen LogP contribution in [-0.4, -0.2) is 28.8 Å². The van der Waals surface area contributed by atoms with Crippen LogP contribution in [0.3, 0.4) is 0 Å². The van der Waals surface area contributed by atoms with Crippen LogP contribution in [-0.2, 0) is 18.4 Å². The van der Waals surface area contributed by atoms with Gasteiger partial charge in [0, 0.05) is 19.8 Å². The van der Waals surface area contributed by atoms with Crippen LogP contribution < -0.4 is 10.6 Å². The number of nitrogens with zero attached hydrogens (tertiary/aromatic N) is 2. The second kappa shape index (κ2) is 5.10. The predicted octanol–water partition coefficient (Wildman–Crippen LogP) is 0.672. The first kappa shape index (κ1) is 13.1. The molecule has 2 N–H and O–H groups in total. The lowest BCUT2D eigenvalue weighted by atomic mass is 9.75. The Morgan fingerprint density at radius 2 is 2.44 bits per heavy atom. The van der Waals surface area contributed by atoms with E-state index in [1.807, 2.05) is 19.3 Å². The van der Waals surface area contributed by atoms with Crippen molar-refractivity contribution in [3.05, 3.63) is 18.0 Å². The Labute approximate surface area is 108 Å². The monoisotopic (exact) mass is 250 g/mol. The lowest BCUT2D eigenvalue weighted by Crippen LogP contribution is -2.45. The number of aromatic nitrogens is 2. The number of hydrogen-bond donors (Lipinski definition) is 2. The van der Waals surface area contributed by atoms with E-state index < -0.39 is 0 Å². The van der Waals surface area contributed by atoms with Gasteiger partial charge in [0.25, 0.3) is 0 Å². The summed E-state index contributed by atoms with van der Waals surface area (Å²) in [6.07, 6.45) is 2.80. The van der Waals surface area contributed by atoms with Crippen LogP contribution in [0.1, 0.15) is 26.0 Å². The number of amides is 1. The maximum Gasteiger partial charge on any atom is 0.228 e. The van der Waals surface area contributed by atoms with Gasteiger partial charge in [0.15, 0.2) is 0 Å². The molecule has 2 rings (SSSR count). The van der Waals surface area contributed by atoms with Crippen LogP contribution in [0, 0.1) is 11.3 Å². The molecule has 0 radical (unpaired) electrons. The highest BCUT2D eigenvalue weighted by atomic mass is 16.2. The third kappa shape index (κ3) is 2.41. The fourth-order valence-electron chi connectivity index (χ4n) is 2.56. The molecule has 100 valence electrons. The summed E-state index contributed by atoms with van der Waals surface area (Å²) < 4.78 is 1.75. The van der Waals surface area contributed by atoms with Gasteiger partial charge in [-0.05, 0) is 24.9 Å². The van der Waals surface area contributed by atoms with E-state index in [9.17, 15) is 4.79 Å². The number of carbonyl (C=O) groups excluding carboxylic acids is 1. The Kier molecular flexibility index (Phi) is 3.71. The Morgan fingerprint density at radius 3 is 2.94 bits per heavy atom. The second-order valence-electron chi connectivity index (χ2n) is 5.40. The average Bonchev–Trinajstić information content (AvgIpc) is 2.95. The Morgan fingerprint density at radius 1 is 1.67 bits per heavy atom. The van der Waals surface area contributed by atoms with Gasteiger partial charge >= 0.3 is 0 Å². The lowest BCUT2D eigenvalue weighted by Gasteiger charge is -2.30. The summed E-state index contributed by atoms with van der Waals surface area (Å²) >= 11 is 0. The van der Waals surface area contributed by atoms with Crippen LogP contribution in [0.15, 0.2) is 12.3 Å². The zero-order chi connectivity index (χ0) is 13.2. The zero-order valence-electron chi connectivity index (χ0n) is 11.4. The van der Waals surface area contributed by atoms with E-state index >= 15 is 0 Å². The molecule has 1 aliphatic heterocycles. The molecular weight excluding hydrogens is 228 g/mol. The standard InChI is InChI=1S/C13H22N4O/c1-10(2)13(5-6-14-9-13)12(18)15-8-11-4-7-17(3)16-11/h4,7,10,14H,5-6,8-9H2,1-3H3,(H,15,18). The molecule has 1 saturated heterocycles. The first-order chi connectivity index (χ1) is 8.54. The predicted molar refractivity (Wildman–Crippen MR) is 69.8 cm³/mol. The number of nitrogens with one attached hydrogen (secondary N) is 2. The number of rotatable bonds is 4. The molecule has 1 aliphatic rings. The molecule has 5 nitrogen and oxygen atoms in total. The number of hydrogen-bond acceptors (Lipinski definition) is 3. The van der Waals surface area contributed by atoms with Crippen molar-refractivity contribution in [1.82, 2.24) is 20.4 Å². The first-order valence-electron chi connectivity index (χ1n) is 6.52. The molecule has 18 heavy (non-hydrogen) atoms. The van der Waals surface area contributed by atoms with E-state index in [0.717, 1.165) is 25.2 Å². The van der Waals surface area contributed by atoms with Crippen LogP contribution >= 0.6 is 0 Å². The van der Waals surface area contributed by atoms with Crippen molar-refractivity contribution in [2.24, 2.45) is 18.4 Å². The van der Waals surface area contributed by atoms with Crippen LogP contribution in [0.4, 0.5) is 0 Å².